The van der Waals surface area contributed by atoms with Crippen LogP contribution in [0.3, 0.4) is 0 Å². The van der Waals surface area contributed by atoms with Crippen LogP contribution in [0.1, 0.15) is 23.2 Å². The molecule has 0 aliphatic carbocycles. The average Bonchev–Trinajstić information content (AvgIpc) is 2.47. The lowest BCUT2D eigenvalue weighted by molar-refractivity contribution is -0.384. The van der Waals surface area contributed by atoms with Gasteiger partial charge in [0, 0.05) is 43.6 Å². The van der Waals surface area contributed by atoms with Gasteiger partial charge in [-0.25, -0.2) is 4.79 Å². The molecule has 1 fully saturated rings. The second-order valence-electron chi connectivity index (χ2n) is 4.94. The first-order valence-electron chi connectivity index (χ1n) is 6.33. The molecular weight excluding hydrogens is 280 g/mol. The minimum Gasteiger partial charge on any atom is -0.479 e. The van der Waals surface area contributed by atoms with E-state index in [-0.39, 0.29) is 37.2 Å². The molecule has 0 aromatic heterocycles. The van der Waals surface area contributed by atoms with Gasteiger partial charge in [0.25, 0.3) is 11.6 Å². The minimum atomic E-state index is -1.81. The molecule has 1 aliphatic rings. The highest BCUT2D eigenvalue weighted by molar-refractivity contribution is 5.95. The summed E-state index contributed by atoms with van der Waals surface area (Å²) >= 11 is 0. The van der Waals surface area contributed by atoms with Crippen molar-refractivity contribution >= 4 is 17.6 Å². The molecule has 8 nitrogen and oxygen atoms in total. The maximum atomic E-state index is 12.2. The van der Waals surface area contributed by atoms with Gasteiger partial charge >= 0.3 is 5.97 Å². The number of nitro benzene ring substituents is 1. The summed E-state index contributed by atoms with van der Waals surface area (Å²) < 4.78 is 0. The van der Waals surface area contributed by atoms with E-state index in [9.17, 15) is 24.8 Å². The Hall–Kier alpha value is -2.48. The number of amides is 1. The van der Waals surface area contributed by atoms with Crippen molar-refractivity contribution < 1.29 is 24.7 Å². The molecule has 0 spiro atoms. The van der Waals surface area contributed by atoms with Crippen LogP contribution in [0.4, 0.5) is 5.69 Å². The Kier molecular flexibility index (Phi) is 3.90. The summed E-state index contributed by atoms with van der Waals surface area (Å²) in [5, 5.41) is 29.4. The van der Waals surface area contributed by atoms with E-state index in [0.717, 1.165) is 0 Å². The van der Waals surface area contributed by atoms with Crippen molar-refractivity contribution in [3.05, 3.63) is 39.9 Å². The molecule has 1 heterocycles. The fourth-order valence-corrected chi connectivity index (χ4v) is 2.23. The lowest BCUT2D eigenvalue weighted by atomic mass is 9.91. The SMILES string of the molecule is O=C(c1cccc([N+](=O)[O-])c1)N1CCC(O)(C(=O)O)CC1. The van der Waals surface area contributed by atoms with Crippen LogP contribution >= 0.6 is 0 Å². The van der Waals surface area contributed by atoms with Crippen LogP contribution in [0.2, 0.25) is 0 Å². The van der Waals surface area contributed by atoms with Crippen LogP contribution in [0.25, 0.3) is 0 Å². The number of benzene rings is 1. The summed E-state index contributed by atoms with van der Waals surface area (Å²) in [5.41, 5.74) is -1.82. The number of piperidine rings is 1. The summed E-state index contributed by atoms with van der Waals surface area (Å²) in [7, 11) is 0. The lowest BCUT2D eigenvalue weighted by Crippen LogP contribution is -2.50. The molecule has 2 rings (SSSR count). The number of carbonyl (C=O) groups excluding carboxylic acids is 1. The molecule has 21 heavy (non-hydrogen) atoms. The quantitative estimate of drug-likeness (QED) is 0.623. The Morgan fingerprint density at radius 2 is 1.90 bits per heavy atom. The van der Waals surface area contributed by atoms with E-state index < -0.39 is 22.4 Å². The maximum absolute atomic E-state index is 12.2. The molecule has 8 heteroatoms. The van der Waals surface area contributed by atoms with Crippen LogP contribution < -0.4 is 0 Å². The Morgan fingerprint density at radius 1 is 1.29 bits per heavy atom. The predicted molar refractivity (Wildman–Crippen MR) is 70.8 cm³/mol. The Labute approximate surface area is 119 Å². The predicted octanol–water partition coefficient (Wildman–Crippen LogP) is 0.646. The van der Waals surface area contributed by atoms with Gasteiger partial charge in [0.05, 0.1) is 4.92 Å². The van der Waals surface area contributed by atoms with Crippen molar-refractivity contribution in [1.82, 2.24) is 4.90 Å². The van der Waals surface area contributed by atoms with Gasteiger partial charge in [-0.05, 0) is 6.07 Å². The summed E-state index contributed by atoms with van der Waals surface area (Å²) in [4.78, 5) is 34.6. The summed E-state index contributed by atoms with van der Waals surface area (Å²) in [6, 6.07) is 5.35. The fraction of sp³-hybridized carbons (Fsp3) is 0.385. The van der Waals surface area contributed by atoms with Gasteiger partial charge in [-0.15, -0.1) is 0 Å². The standard InChI is InChI=1S/C13H14N2O6/c16-11(9-2-1-3-10(8-9)15(20)21)14-6-4-13(19,5-7-14)12(17)18/h1-3,8,19H,4-7H2,(H,17,18). The van der Waals surface area contributed by atoms with Gasteiger partial charge in [-0.3, -0.25) is 14.9 Å². The minimum absolute atomic E-state index is 0.0665. The number of non-ortho nitro benzene ring substituents is 1. The third kappa shape index (κ3) is 3.00. The zero-order chi connectivity index (χ0) is 15.6. The Bertz CT molecular complexity index is 592. The molecule has 0 radical (unpaired) electrons. The molecule has 0 unspecified atom stereocenters. The van der Waals surface area contributed by atoms with Gasteiger partial charge in [0.1, 0.15) is 0 Å². The normalized spacial score (nSPS) is 17.3. The van der Waals surface area contributed by atoms with Crippen molar-refractivity contribution in [3.63, 3.8) is 0 Å². The largest absolute Gasteiger partial charge is 0.479 e. The lowest BCUT2D eigenvalue weighted by Gasteiger charge is -2.35. The zero-order valence-corrected chi connectivity index (χ0v) is 11.1. The van der Waals surface area contributed by atoms with Gasteiger partial charge in [-0.2, -0.15) is 0 Å². The number of carboxylic acid groups (broad SMARTS) is 1. The summed E-state index contributed by atoms with van der Waals surface area (Å²) in [6.45, 7) is 0.175. The van der Waals surface area contributed by atoms with Gasteiger partial charge in [0.15, 0.2) is 5.60 Å². The number of aliphatic hydroxyl groups is 1. The monoisotopic (exact) mass is 294 g/mol. The molecule has 1 aromatic rings. The molecule has 1 amide bonds. The molecule has 1 aromatic carbocycles. The number of hydrogen-bond donors (Lipinski definition) is 2. The number of likely N-dealkylation sites (tertiary alicyclic amines) is 1. The first kappa shape index (κ1) is 14.9. The molecule has 0 bridgehead atoms. The van der Waals surface area contributed by atoms with Crippen LogP contribution in [-0.2, 0) is 4.79 Å². The molecule has 2 N–H and O–H groups in total. The summed E-state index contributed by atoms with van der Waals surface area (Å²) in [6.07, 6.45) is -0.133. The Morgan fingerprint density at radius 3 is 2.43 bits per heavy atom. The molecule has 112 valence electrons. The molecule has 0 saturated carbocycles. The molecule has 1 aliphatic heterocycles. The number of nitrogens with zero attached hydrogens (tertiary/aromatic N) is 2. The van der Waals surface area contributed by atoms with Crippen molar-refractivity contribution in [3.8, 4) is 0 Å². The first-order chi connectivity index (χ1) is 9.83. The van der Waals surface area contributed by atoms with E-state index in [1.165, 1.54) is 29.2 Å². The highest BCUT2D eigenvalue weighted by atomic mass is 16.6. The second-order valence-corrected chi connectivity index (χ2v) is 4.94. The maximum Gasteiger partial charge on any atom is 0.335 e. The average molecular weight is 294 g/mol. The van der Waals surface area contributed by atoms with Crippen molar-refractivity contribution in [2.75, 3.05) is 13.1 Å². The molecule has 0 atom stereocenters. The van der Waals surface area contributed by atoms with E-state index in [4.69, 9.17) is 5.11 Å². The van der Waals surface area contributed by atoms with Crippen molar-refractivity contribution in [1.29, 1.82) is 0 Å². The van der Waals surface area contributed by atoms with E-state index >= 15 is 0 Å². The molecule has 1 saturated heterocycles. The number of rotatable bonds is 3. The van der Waals surface area contributed by atoms with E-state index in [0.29, 0.717) is 0 Å². The smallest absolute Gasteiger partial charge is 0.335 e. The van der Waals surface area contributed by atoms with E-state index in [1.807, 2.05) is 0 Å². The van der Waals surface area contributed by atoms with Crippen LogP contribution in [0.15, 0.2) is 24.3 Å². The number of carboxylic acids is 1. The second kappa shape index (κ2) is 5.49. The van der Waals surface area contributed by atoms with Crippen LogP contribution in [0.5, 0.6) is 0 Å². The van der Waals surface area contributed by atoms with Crippen LogP contribution in [-0.4, -0.2) is 50.6 Å². The number of hydrogen-bond acceptors (Lipinski definition) is 5. The third-order valence-electron chi connectivity index (χ3n) is 3.58. The van der Waals surface area contributed by atoms with Gasteiger partial charge in [-0.1, -0.05) is 6.07 Å². The van der Waals surface area contributed by atoms with Gasteiger partial charge < -0.3 is 15.1 Å². The first-order valence-corrected chi connectivity index (χ1v) is 6.33. The Balaban J connectivity index is 2.10. The fourth-order valence-electron chi connectivity index (χ4n) is 2.23. The van der Waals surface area contributed by atoms with E-state index in [2.05, 4.69) is 0 Å². The van der Waals surface area contributed by atoms with Crippen molar-refractivity contribution in [2.24, 2.45) is 0 Å². The van der Waals surface area contributed by atoms with E-state index in [1.54, 1.807) is 0 Å². The summed E-state index contributed by atoms with van der Waals surface area (Å²) in [5.74, 6) is -1.71. The zero-order valence-electron chi connectivity index (χ0n) is 11.1. The van der Waals surface area contributed by atoms with Crippen molar-refractivity contribution in [2.45, 2.75) is 18.4 Å². The van der Waals surface area contributed by atoms with Gasteiger partial charge in [0.2, 0.25) is 0 Å². The topological polar surface area (TPSA) is 121 Å². The van der Waals surface area contributed by atoms with Crippen LogP contribution in [0, 0.1) is 10.1 Å². The number of carbonyl (C=O) groups is 2. The third-order valence-corrected chi connectivity index (χ3v) is 3.58. The molecular formula is C13H14N2O6. The number of nitro groups is 1. The highest BCUT2D eigenvalue weighted by Crippen LogP contribution is 2.24. The number of aliphatic carboxylic acids is 1. The highest BCUT2D eigenvalue weighted by Gasteiger charge is 2.40.